The van der Waals surface area contributed by atoms with Gasteiger partial charge in [-0.05, 0) is 24.4 Å². The lowest BCUT2D eigenvalue weighted by molar-refractivity contribution is 0.373. The lowest BCUT2D eigenvalue weighted by Crippen LogP contribution is -1.87. The highest BCUT2D eigenvalue weighted by Gasteiger charge is 2.04. The van der Waals surface area contributed by atoms with Gasteiger partial charge >= 0.3 is 0 Å². The van der Waals surface area contributed by atoms with E-state index < -0.39 is 0 Å². The van der Waals surface area contributed by atoms with Crippen molar-refractivity contribution < 1.29 is 9.84 Å². The van der Waals surface area contributed by atoms with Crippen LogP contribution in [0.5, 0.6) is 11.5 Å². The minimum absolute atomic E-state index is 0.0536. The summed E-state index contributed by atoms with van der Waals surface area (Å²) >= 11 is 6.15. The molecule has 1 heterocycles. The van der Waals surface area contributed by atoms with Crippen LogP contribution in [-0.4, -0.2) is 28.6 Å². The molecule has 0 aliphatic rings. The summed E-state index contributed by atoms with van der Waals surface area (Å²) in [4.78, 5) is 4.10. The van der Waals surface area contributed by atoms with Gasteiger partial charge in [-0.2, -0.15) is 0 Å². The molecule has 0 aliphatic heterocycles. The number of hydrogen-bond donors (Lipinski definition) is 2. The van der Waals surface area contributed by atoms with Gasteiger partial charge in [-0.1, -0.05) is 17.4 Å². The molecule has 0 saturated carbocycles. The highest BCUT2D eigenvalue weighted by Crippen LogP contribution is 2.28. The summed E-state index contributed by atoms with van der Waals surface area (Å²) in [7, 11) is 1.50. The third-order valence-electron chi connectivity index (χ3n) is 1.99. The molecule has 1 aromatic heterocycles. The summed E-state index contributed by atoms with van der Waals surface area (Å²) < 4.78 is 5.56. The van der Waals surface area contributed by atoms with Gasteiger partial charge in [0.1, 0.15) is 0 Å². The highest BCUT2D eigenvalue weighted by molar-refractivity contribution is 7.73. The lowest BCUT2D eigenvalue weighted by Gasteiger charge is -2.04. The van der Waals surface area contributed by atoms with Crippen molar-refractivity contribution in [2.75, 3.05) is 7.11 Å². The SMILES string of the molecule is COc1cccc(C=Nc2n[nH]c(=S)s2)c1O. The van der Waals surface area contributed by atoms with Crippen molar-refractivity contribution in [3.05, 3.63) is 27.7 Å². The van der Waals surface area contributed by atoms with Gasteiger partial charge in [-0.15, -0.1) is 5.10 Å². The molecule has 0 unspecified atom stereocenters. The van der Waals surface area contributed by atoms with Gasteiger partial charge in [-0.3, -0.25) is 5.10 Å². The monoisotopic (exact) mass is 267 g/mol. The molecule has 5 nitrogen and oxygen atoms in total. The van der Waals surface area contributed by atoms with Gasteiger partial charge in [0, 0.05) is 11.8 Å². The largest absolute Gasteiger partial charge is 0.504 e. The van der Waals surface area contributed by atoms with Crippen LogP contribution in [0.2, 0.25) is 0 Å². The van der Waals surface area contributed by atoms with E-state index in [1.54, 1.807) is 18.2 Å². The molecule has 1 aromatic carbocycles. The molecule has 0 saturated heterocycles. The molecule has 0 radical (unpaired) electrons. The van der Waals surface area contributed by atoms with E-state index in [1.807, 2.05) is 0 Å². The number of nitrogens with zero attached hydrogens (tertiary/aromatic N) is 2. The van der Waals surface area contributed by atoms with E-state index in [4.69, 9.17) is 17.0 Å². The van der Waals surface area contributed by atoms with Crippen LogP contribution in [0.4, 0.5) is 5.13 Å². The number of nitrogens with one attached hydrogen (secondary N) is 1. The van der Waals surface area contributed by atoms with Crippen molar-refractivity contribution in [3.63, 3.8) is 0 Å². The minimum Gasteiger partial charge on any atom is -0.504 e. The zero-order chi connectivity index (χ0) is 12.3. The van der Waals surface area contributed by atoms with E-state index in [1.165, 1.54) is 24.7 Å². The van der Waals surface area contributed by atoms with E-state index in [-0.39, 0.29) is 5.75 Å². The van der Waals surface area contributed by atoms with E-state index in [9.17, 15) is 5.11 Å². The predicted molar refractivity (Wildman–Crippen MR) is 69.2 cm³/mol. The van der Waals surface area contributed by atoms with Crippen LogP contribution in [0.15, 0.2) is 23.2 Å². The Morgan fingerprint density at radius 3 is 3.06 bits per heavy atom. The third kappa shape index (κ3) is 2.69. The van der Waals surface area contributed by atoms with Crippen molar-refractivity contribution in [2.45, 2.75) is 0 Å². The fourth-order valence-corrected chi connectivity index (χ4v) is 1.93. The Hall–Kier alpha value is -1.73. The van der Waals surface area contributed by atoms with Crippen LogP contribution in [0.1, 0.15) is 5.56 Å². The van der Waals surface area contributed by atoms with Crippen LogP contribution in [0, 0.1) is 3.95 Å². The average molecular weight is 267 g/mol. The fraction of sp³-hybridized carbons (Fsp3) is 0.100. The average Bonchev–Trinajstić information content (AvgIpc) is 2.74. The second-order valence-electron chi connectivity index (χ2n) is 3.05. The first-order valence-electron chi connectivity index (χ1n) is 4.66. The molecule has 17 heavy (non-hydrogen) atoms. The van der Waals surface area contributed by atoms with Gasteiger partial charge in [0.25, 0.3) is 0 Å². The summed E-state index contributed by atoms with van der Waals surface area (Å²) in [5.74, 6) is 0.460. The number of para-hydroxylation sites is 1. The summed E-state index contributed by atoms with van der Waals surface area (Å²) in [5, 5.41) is 16.8. The molecule has 0 amide bonds. The topological polar surface area (TPSA) is 70.5 Å². The number of rotatable bonds is 3. The van der Waals surface area contributed by atoms with Gasteiger partial charge in [0.15, 0.2) is 15.5 Å². The van der Waals surface area contributed by atoms with Gasteiger partial charge in [-0.25, -0.2) is 4.99 Å². The Morgan fingerprint density at radius 1 is 1.59 bits per heavy atom. The molecular formula is C10H9N3O2S2. The molecule has 2 aromatic rings. The van der Waals surface area contributed by atoms with Crippen molar-refractivity contribution in [1.82, 2.24) is 10.2 Å². The zero-order valence-corrected chi connectivity index (χ0v) is 10.5. The van der Waals surface area contributed by atoms with Gasteiger partial charge in [0.2, 0.25) is 5.13 Å². The number of aliphatic imine (C=N–C) groups is 1. The minimum atomic E-state index is 0.0536. The number of phenols is 1. The number of aromatic nitrogens is 2. The van der Waals surface area contributed by atoms with Crippen molar-refractivity contribution in [1.29, 1.82) is 0 Å². The predicted octanol–water partition coefficient (Wildman–Crippen LogP) is 2.67. The molecule has 0 aliphatic carbocycles. The number of benzene rings is 1. The maximum Gasteiger partial charge on any atom is 0.230 e. The normalized spacial score (nSPS) is 10.9. The number of methoxy groups -OCH3 is 1. The maximum atomic E-state index is 9.81. The lowest BCUT2D eigenvalue weighted by atomic mass is 10.2. The second-order valence-corrected chi connectivity index (χ2v) is 4.70. The smallest absolute Gasteiger partial charge is 0.230 e. The molecule has 0 fully saturated rings. The van der Waals surface area contributed by atoms with E-state index >= 15 is 0 Å². The molecule has 0 spiro atoms. The quantitative estimate of drug-likeness (QED) is 0.662. The van der Waals surface area contributed by atoms with E-state index in [0.29, 0.717) is 20.4 Å². The van der Waals surface area contributed by atoms with Crippen molar-refractivity contribution >= 4 is 34.9 Å². The summed E-state index contributed by atoms with van der Waals surface area (Å²) in [5.41, 5.74) is 0.561. The molecular weight excluding hydrogens is 258 g/mol. The number of phenolic OH excluding ortho intramolecular Hbond substituents is 1. The number of hydrogen-bond acceptors (Lipinski definition) is 6. The maximum absolute atomic E-state index is 9.81. The van der Waals surface area contributed by atoms with Crippen LogP contribution in [-0.2, 0) is 0 Å². The fourth-order valence-electron chi connectivity index (χ4n) is 1.21. The van der Waals surface area contributed by atoms with Crippen molar-refractivity contribution in [2.24, 2.45) is 4.99 Å². The van der Waals surface area contributed by atoms with Crippen LogP contribution >= 0.6 is 23.6 Å². The summed E-state index contributed by atoms with van der Waals surface area (Å²) in [6.07, 6.45) is 1.51. The third-order valence-corrected chi connectivity index (χ3v) is 2.99. The molecule has 2 rings (SSSR count). The zero-order valence-electron chi connectivity index (χ0n) is 8.88. The Bertz CT molecular complexity index is 604. The summed E-state index contributed by atoms with van der Waals surface area (Å²) in [6, 6.07) is 5.17. The van der Waals surface area contributed by atoms with Gasteiger partial charge in [0.05, 0.1) is 7.11 Å². The number of aromatic amines is 1. The van der Waals surface area contributed by atoms with Crippen LogP contribution < -0.4 is 4.74 Å². The molecule has 0 atom stereocenters. The van der Waals surface area contributed by atoms with Crippen molar-refractivity contribution in [3.8, 4) is 11.5 Å². The van der Waals surface area contributed by atoms with E-state index in [2.05, 4.69) is 15.2 Å². The van der Waals surface area contributed by atoms with Crippen LogP contribution in [0.25, 0.3) is 0 Å². The Morgan fingerprint density at radius 2 is 2.41 bits per heavy atom. The number of ether oxygens (including phenoxy) is 1. The first-order chi connectivity index (χ1) is 8.20. The van der Waals surface area contributed by atoms with E-state index in [0.717, 1.165) is 0 Å². The number of H-pyrrole nitrogens is 1. The highest BCUT2D eigenvalue weighted by atomic mass is 32.1. The Kier molecular flexibility index (Phi) is 3.50. The molecule has 7 heteroatoms. The Labute approximate surface area is 106 Å². The van der Waals surface area contributed by atoms with Gasteiger partial charge < -0.3 is 9.84 Å². The first kappa shape index (κ1) is 11.7. The molecule has 2 N–H and O–H groups in total. The molecule has 88 valence electrons. The summed E-state index contributed by atoms with van der Waals surface area (Å²) in [6.45, 7) is 0. The standard InChI is InChI=1S/C10H9N3O2S2/c1-15-7-4-2-3-6(8(7)14)5-11-9-12-13-10(16)17-9/h2-5,14H,1H3,(H,13,16). The molecule has 0 bridgehead atoms. The Balaban J connectivity index is 2.30. The first-order valence-corrected chi connectivity index (χ1v) is 5.88. The second kappa shape index (κ2) is 5.07. The number of aromatic hydroxyl groups is 1. The van der Waals surface area contributed by atoms with Crippen LogP contribution in [0.3, 0.4) is 0 Å².